The van der Waals surface area contributed by atoms with Crippen molar-refractivity contribution in [3.63, 3.8) is 0 Å². The van der Waals surface area contributed by atoms with Crippen LogP contribution in [0.4, 0.5) is 0 Å². The number of para-hydroxylation sites is 1. The maximum absolute atomic E-state index is 5.72. The van der Waals surface area contributed by atoms with E-state index < -0.39 is 0 Å². The Kier molecular flexibility index (Phi) is 6.56. The minimum atomic E-state index is 0.450. The predicted octanol–water partition coefficient (Wildman–Crippen LogP) is 3.15. The zero-order valence-electron chi connectivity index (χ0n) is 14.1. The first kappa shape index (κ1) is 16.7. The molecular formula is C18H29N3O. The van der Waals surface area contributed by atoms with Crippen molar-refractivity contribution < 1.29 is 4.74 Å². The van der Waals surface area contributed by atoms with Gasteiger partial charge in [-0.2, -0.15) is 0 Å². The molecule has 0 saturated carbocycles. The van der Waals surface area contributed by atoms with Crippen LogP contribution in [-0.2, 0) is 0 Å². The van der Waals surface area contributed by atoms with Gasteiger partial charge in [0.2, 0.25) is 0 Å². The van der Waals surface area contributed by atoms with Crippen molar-refractivity contribution in [1.82, 2.24) is 10.6 Å². The van der Waals surface area contributed by atoms with Gasteiger partial charge < -0.3 is 15.4 Å². The number of benzene rings is 1. The maximum Gasteiger partial charge on any atom is 0.191 e. The van der Waals surface area contributed by atoms with Gasteiger partial charge in [-0.05, 0) is 37.3 Å². The highest BCUT2D eigenvalue weighted by Crippen LogP contribution is 2.33. The normalized spacial score (nSPS) is 17.8. The predicted molar refractivity (Wildman–Crippen MR) is 92.7 cm³/mol. The summed E-state index contributed by atoms with van der Waals surface area (Å²) >= 11 is 0. The van der Waals surface area contributed by atoms with Crippen LogP contribution in [0.2, 0.25) is 0 Å². The van der Waals surface area contributed by atoms with Crippen LogP contribution >= 0.6 is 0 Å². The molecule has 0 amide bonds. The third-order valence-electron chi connectivity index (χ3n) is 3.91. The number of rotatable bonds is 6. The first-order valence-electron chi connectivity index (χ1n) is 8.44. The molecule has 1 aliphatic heterocycles. The van der Waals surface area contributed by atoms with Crippen LogP contribution in [0.5, 0.6) is 5.75 Å². The summed E-state index contributed by atoms with van der Waals surface area (Å²) in [5.74, 6) is 3.10. The molecule has 0 aliphatic carbocycles. The largest absolute Gasteiger partial charge is 0.493 e. The fraction of sp³-hybridized carbons (Fsp3) is 0.611. The van der Waals surface area contributed by atoms with E-state index in [1.165, 1.54) is 5.56 Å². The fourth-order valence-corrected chi connectivity index (χ4v) is 2.63. The van der Waals surface area contributed by atoms with E-state index in [2.05, 4.69) is 49.6 Å². The topological polar surface area (TPSA) is 45.7 Å². The summed E-state index contributed by atoms with van der Waals surface area (Å²) in [7, 11) is 0. The Morgan fingerprint density at radius 1 is 1.32 bits per heavy atom. The van der Waals surface area contributed by atoms with Gasteiger partial charge in [0.1, 0.15) is 5.75 Å². The Morgan fingerprint density at radius 3 is 2.91 bits per heavy atom. The van der Waals surface area contributed by atoms with Crippen molar-refractivity contribution in [2.24, 2.45) is 10.9 Å². The van der Waals surface area contributed by atoms with Crippen molar-refractivity contribution in [3.05, 3.63) is 29.8 Å². The number of nitrogens with zero attached hydrogens (tertiary/aromatic N) is 1. The molecule has 0 spiro atoms. The average Bonchev–Trinajstić information content (AvgIpc) is 2.52. The third-order valence-corrected chi connectivity index (χ3v) is 3.91. The van der Waals surface area contributed by atoms with Gasteiger partial charge in [-0.1, -0.05) is 32.0 Å². The Hall–Kier alpha value is -1.71. The van der Waals surface area contributed by atoms with Crippen molar-refractivity contribution in [3.8, 4) is 5.75 Å². The molecule has 0 radical (unpaired) electrons. The van der Waals surface area contributed by atoms with Gasteiger partial charge in [0.15, 0.2) is 5.96 Å². The van der Waals surface area contributed by atoms with Gasteiger partial charge in [0, 0.05) is 25.6 Å². The SMILES string of the molecule is CCNC(=NCC1CCOc2ccccc21)NCCC(C)C. The van der Waals surface area contributed by atoms with E-state index in [0.29, 0.717) is 11.8 Å². The lowest BCUT2D eigenvalue weighted by molar-refractivity contribution is 0.269. The number of aliphatic imine (C=N–C) groups is 1. The van der Waals surface area contributed by atoms with E-state index in [4.69, 9.17) is 9.73 Å². The molecular weight excluding hydrogens is 274 g/mol. The molecule has 0 bridgehead atoms. The van der Waals surface area contributed by atoms with E-state index in [1.54, 1.807) is 0 Å². The number of hydrogen-bond acceptors (Lipinski definition) is 2. The molecule has 0 fully saturated rings. The van der Waals surface area contributed by atoms with E-state index in [9.17, 15) is 0 Å². The molecule has 122 valence electrons. The molecule has 4 nitrogen and oxygen atoms in total. The van der Waals surface area contributed by atoms with Crippen LogP contribution in [0.25, 0.3) is 0 Å². The van der Waals surface area contributed by atoms with Crippen LogP contribution in [0.3, 0.4) is 0 Å². The quantitative estimate of drug-likeness (QED) is 0.627. The van der Waals surface area contributed by atoms with Crippen molar-refractivity contribution >= 4 is 5.96 Å². The second-order valence-corrected chi connectivity index (χ2v) is 6.20. The van der Waals surface area contributed by atoms with Gasteiger partial charge in [0.25, 0.3) is 0 Å². The zero-order valence-corrected chi connectivity index (χ0v) is 14.1. The van der Waals surface area contributed by atoms with Crippen LogP contribution in [-0.4, -0.2) is 32.2 Å². The van der Waals surface area contributed by atoms with Gasteiger partial charge in [0.05, 0.1) is 6.61 Å². The average molecular weight is 303 g/mol. The number of ether oxygens (including phenoxy) is 1. The highest BCUT2D eigenvalue weighted by atomic mass is 16.5. The van der Waals surface area contributed by atoms with Crippen molar-refractivity contribution in [2.75, 3.05) is 26.2 Å². The van der Waals surface area contributed by atoms with Gasteiger partial charge >= 0.3 is 0 Å². The summed E-state index contributed by atoms with van der Waals surface area (Å²) in [5, 5.41) is 6.75. The first-order chi connectivity index (χ1) is 10.7. The second-order valence-electron chi connectivity index (χ2n) is 6.20. The van der Waals surface area contributed by atoms with E-state index in [0.717, 1.165) is 50.8 Å². The highest BCUT2D eigenvalue weighted by molar-refractivity contribution is 5.79. The van der Waals surface area contributed by atoms with Crippen LogP contribution < -0.4 is 15.4 Å². The van der Waals surface area contributed by atoms with Crippen LogP contribution in [0.15, 0.2) is 29.3 Å². The van der Waals surface area contributed by atoms with Crippen LogP contribution in [0.1, 0.15) is 45.1 Å². The van der Waals surface area contributed by atoms with E-state index in [-0.39, 0.29) is 0 Å². The molecule has 0 aromatic heterocycles. The Balaban J connectivity index is 1.95. The molecule has 2 N–H and O–H groups in total. The van der Waals surface area contributed by atoms with Gasteiger partial charge in [-0.3, -0.25) is 4.99 Å². The monoisotopic (exact) mass is 303 g/mol. The Labute approximate surface area is 134 Å². The lowest BCUT2D eigenvalue weighted by atomic mass is 9.93. The van der Waals surface area contributed by atoms with Gasteiger partial charge in [-0.25, -0.2) is 0 Å². The molecule has 1 aromatic carbocycles. The van der Waals surface area contributed by atoms with Gasteiger partial charge in [-0.15, -0.1) is 0 Å². The Morgan fingerprint density at radius 2 is 2.14 bits per heavy atom. The molecule has 1 heterocycles. The van der Waals surface area contributed by atoms with Crippen LogP contribution in [0, 0.1) is 5.92 Å². The van der Waals surface area contributed by atoms with Crippen molar-refractivity contribution in [1.29, 1.82) is 0 Å². The Bertz CT molecular complexity index is 485. The summed E-state index contributed by atoms with van der Waals surface area (Å²) in [6.45, 7) is 10.0. The van der Waals surface area contributed by atoms with E-state index >= 15 is 0 Å². The fourth-order valence-electron chi connectivity index (χ4n) is 2.63. The third kappa shape index (κ3) is 4.93. The second kappa shape index (κ2) is 8.66. The van der Waals surface area contributed by atoms with Crippen molar-refractivity contribution in [2.45, 2.75) is 39.5 Å². The molecule has 1 unspecified atom stereocenters. The lowest BCUT2D eigenvalue weighted by Gasteiger charge is -2.25. The molecule has 4 heteroatoms. The first-order valence-corrected chi connectivity index (χ1v) is 8.44. The highest BCUT2D eigenvalue weighted by Gasteiger charge is 2.20. The molecule has 22 heavy (non-hydrogen) atoms. The summed E-state index contributed by atoms with van der Waals surface area (Å²) in [4.78, 5) is 4.77. The summed E-state index contributed by atoms with van der Waals surface area (Å²) in [5.41, 5.74) is 1.29. The minimum absolute atomic E-state index is 0.450. The lowest BCUT2D eigenvalue weighted by Crippen LogP contribution is -2.38. The smallest absolute Gasteiger partial charge is 0.191 e. The molecule has 1 atom stereocenters. The number of nitrogens with one attached hydrogen (secondary N) is 2. The standard InChI is InChI=1S/C18H29N3O/c1-4-19-18(20-11-9-14(2)3)21-13-15-10-12-22-17-8-6-5-7-16(15)17/h5-8,14-15H,4,9-13H2,1-3H3,(H2,19,20,21). The molecule has 2 rings (SSSR count). The summed E-state index contributed by atoms with van der Waals surface area (Å²) < 4.78 is 5.72. The zero-order chi connectivity index (χ0) is 15.8. The summed E-state index contributed by atoms with van der Waals surface area (Å²) in [6.07, 6.45) is 2.19. The number of hydrogen-bond donors (Lipinski definition) is 2. The molecule has 0 saturated heterocycles. The molecule has 1 aromatic rings. The maximum atomic E-state index is 5.72. The summed E-state index contributed by atoms with van der Waals surface area (Å²) in [6, 6.07) is 8.32. The minimum Gasteiger partial charge on any atom is -0.493 e. The number of guanidine groups is 1. The molecule has 1 aliphatic rings. The number of fused-ring (bicyclic) bond motifs is 1. The van der Waals surface area contributed by atoms with E-state index in [1.807, 2.05) is 6.07 Å².